The Bertz CT molecular complexity index is 1060. The molecule has 2 aliphatic rings. The molecule has 2 amide bonds. The maximum Gasteiger partial charge on any atom is 0.320 e. The smallest absolute Gasteiger partial charge is 0.320 e. The van der Waals surface area contributed by atoms with E-state index in [0.717, 1.165) is 48.5 Å². The van der Waals surface area contributed by atoms with Gasteiger partial charge in [-0.1, -0.05) is 42.5 Å². The Balaban J connectivity index is 1.34. The predicted molar refractivity (Wildman–Crippen MR) is 112 cm³/mol. The summed E-state index contributed by atoms with van der Waals surface area (Å²) < 4.78 is 2.34. The zero-order valence-electron chi connectivity index (χ0n) is 16.1. The molecule has 2 aromatic carbocycles. The summed E-state index contributed by atoms with van der Waals surface area (Å²) in [5.74, 6) is 1.02. The van der Waals surface area contributed by atoms with Gasteiger partial charge in [0.05, 0.1) is 11.0 Å². The average Bonchev–Trinajstić information content (AvgIpc) is 3.24. The van der Waals surface area contributed by atoms with Crippen molar-refractivity contribution < 1.29 is 4.79 Å². The summed E-state index contributed by atoms with van der Waals surface area (Å²) >= 11 is 0. The van der Waals surface area contributed by atoms with Gasteiger partial charge in [-0.2, -0.15) is 0 Å². The number of urea groups is 1. The molecule has 0 saturated carbocycles. The van der Waals surface area contributed by atoms with Crippen LogP contribution in [0.3, 0.4) is 0 Å². The third kappa shape index (κ3) is 2.97. The zero-order valence-corrected chi connectivity index (χ0v) is 16.1. The Morgan fingerprint density at radius 1 is 1.04 bits per heavy atom. The molecule has 28 heavy (non-hydrogen) atoms. The molecular weight excluding hydrogens is 348 g/mol. The minimum absolute atomic E-state index is 0.115. The van der Waals surface area contributed by atoms with Crippen molar-refractivity contribution >= 4 is 29.2 Å². The van der Waals surface area contributed by atoms with E-state index in [2.05, 4.69) is 59.2 Å². The molecule has 0 bridgehead atoms. The van der Waals surface area contributed by atoms with E-state index in [0.29, 0.717) is 6.54 Å². The molecule has 0 N–H and O–H groups in total. The number of amides is 2. The quantitative estimate of drug-likeness (QED) is 0.694. The molecule has 5 rings (SSSR count). The van der Waals surface area contributed by atoms with Crippen LogP contribution in [0.2, 0.25) is 0 Å². The van der Waals surface area contributed by atoms with Crippen LogP contribution >= 0.6 is 0 Å². The SMILES string of the molecule is CN1CCN(Cc2ccc(/C=C/c3nc4cccc5c4n3CCC5)cc2)C1=O. The van der Waals surface area contributed by atoms with Crippen LogP contribution in [0.5, 0.6) is 0 Å². The Hall–Kier alpha value is -3.08. The van der Waals surface area contributed by atoms with Gasteiger partial charge in [-0.3, -0.25) is 0 Å². The summed E-state index contributed by atoms with van der Waals surface area (Å²) in [6.45, 7) is 3.31. The fraction of sp³-hybridized carbons (Fsp3) is 0.304. The highest BCUT2D eigenvalue weighted by molar-refractivity contribution is 5.83. The molecule has 0 unspecified atom stereocenters. The number of aryl methyl sites for hydroxylation is 2. The van der Waals surface area contributed by atoms with Crippen molar-refractivity contribution in [3.05, 3.63) is 65.0 Å². The number of rotatable bonds is 4. The van der Waals surface area contributed by atoms with Gasteiger partial charge in [-0.25, -0.2) is 9.78 Å². The van der Waals surface area contributed by atoms with Crippen LogP contribution in [0.15, 0.2) is 42.5 Å². The van der Waals surface area contributed by atoms with Crippen LogP contribution < -0.4 is 0 Å². The fourth-order valence-corrected chi connectivity index (χ4v) is 4.24. The highest BCUT2D eigenvalue weighted by atomic mass is 16.2. The Morgan fingerprint density at radius 3 is 2.68 bits per heavy atom. The molecule has 142 valence electrons. The Labute approximate surface area is 164 Å². The van der Waals surface area contributed by atoms with Crippen molar-refractivity contribution in [2.24, 2.45) is 0 Å². The topological polar surface area (TPSA) is 41.4 Å². The van der Waals surface area contributed by atoms with Crippen LogP contribution in [0, 0.1) is 0 Å². The number of hydrogen-bond donors (Lipinski definition) is 0. The minimum atomic E-state index is 0.115. The summed E-state index contributed by atoms with van der Waals surface area (Å²) in [5.41, 5.74) is 6.09. The van der Waals surface area contributed by atoms with E-state index >= 15 is 0 Å². The minimum Gasteiger partial charge on any atom is -0.326 e. The Morgan fingerprint density at radius 2 is 1.89 bits per heavy atom. The Kier molecular flexibility index (Phi) is 4.15. The molecule has 3 heterocycles. The van der Waals surface area contributed by atoms with E-state index in [1.807, 2.05) is 11.9 Å². The number of likely N-dealkylation sites (N-methyl/N-ethyl adjacent to an activating group) is 1. The molecule has 5 nitrogen and oxygen atoms in total. The maximum absolute atomic E-state index is 12.0. The number of para-hydroxylation sites is 1. The van der Waals surface area contributed by atoms with Crippen molar-refractivity contribution in [1.82, 2.24) is 19.4 Å². The predicted octanol–water partition coefficient (Wildman–Crippen LogP) is 4.02. The maximum atomic E-state index is 12.0. The first-order valence-electron chi connectivity index (χ1n) is 9.94. The van der Waals surface area contributed by atoms with Gasteiger partial charge in [-0.15, -0.1) is 0 Å². The number of nitrogens with zero attached hydrogens (tertiary/aromatic N) is 4. The van der Waals surface area contributed by atoms with Gasteiger partial charge >= 0.3 is 6.03 Å². The summed E-state index contributed by atoms with van der Waals surface area (Å²) in [5, 5.41) is 0. The second-order valence-corrected chi connectivity index (χ2v) is 7.71. The number of carbonyl (C=O) groups excluding carboxylic acids is 1. The van der Waals surface area contributed by atoms with E-state index < -0.39 is 0 Å². The van der Waals surface area contributed by atoms with Gasteiger partial charge < -0.3 is 14.4 Å². The van der Waals surface area contributed by atoms with Crippen molar-refractivity contribution in [2.45, 2.75) is 25.9 Å². The van der Waals surface area contributed by atoms with Crippen LogP contribution in [0.1, 0.15) is 28.9 Å². The van der Waals surface area contributed by atoms with Gasteiger partial charge in [0.2, 0.25) is 0 Å². The zero-order chi connectivity index (χ0) is 19.1. The normalized spacial score (nSPS) is 16.7. The van der Waals surface area contributed by atoms with Crippen LogP contribution in [-0.4, -0.2) is 45.5 Å². The third-order valence-corrected chi connectivity index (χ3v) is 5.79. The van der Waals surface area contributed by atoms with Gasteiger partial charge in [0.15, 0.2) is 0 Å². The lowest BCUT2D eigenvalue weighted by atomic mass is 10.0. The summed E-state index contributed by atoms with van der Waals surface area (Å²) in [7, 11) is 1.85. The number of benzene rings is 2. The van der Waals surface area contributed by atoms with Crippen LogP contribution in [-0.2, 0) is 19.5 Å². The van der Waals surface area contributed by atoms with Crippen LogP contribution in [0.25, 0.3) is 23.2 Å². The number of hydrogen-bond acceptors (Lipinski definition) is 2. The second-order valence-electron chi connectivity index (χ2n) is 7.71. The monoisotopic (exact) mass is 372 g/mol. The number of carbonyl (C=O) groups is 1. The fourth-order valence-electron chi connectivity index (χ4n) is 4.24. The number of aromatic nitrogens is 2. The molecule has 0 radical (unpaired) electrons. The lowest BCUT2D eigenvalue weighted by molar-refractivity contribution is 0.197. The molecule has 1 aromatic heterocycles. The third-order valence-electron chi connectivity index (χ3n) is 5.79. The van der Waals surface area contributed by atoms with Gasteiger partial charge in [0.1, 0.15) is 5.82 Å². The largest absolute Gasteiger partial charge is 0.326 e. The lowest BCUT2D eigenvalue weighted by Crippen LogP contribution is -2.28. The first-order valence-corrected chi connectivity index (χ1v) is 9.94. The molecule has 0 atom stereocenters. The van der Waals surface area contributed by atoms with Crippen molar-refractivity contribution in [2.75, 3.05) is 20.1 Å². The van der Waals surface area contributed by atoms with Gasteiger partial charge in [0.25, 0.3) is 0 Å². The highest BCUT2D eigenvalue weighted by Crippen LogP contribution is 2.27. The molecule has 0 spiro atoms. The summed E-state index contributed by atoms with van der Waals surface area (Å²) in [6.07, 6.45) is 6.55. The van der Waals surface area contributed by atoms with E-state index in [1.165, 1.54) is 17.5 Å². The van der Waals surface area contributed by atoms with Gasteiger partial charge in [-0.05, 0) is 41.7 Å². The van der Waals surface area contributed by atoms with E-state index in [1.54, 1.807) is 4.90 Å². The van der Waals surface area contributed by atoms with E-state index in [4.69, 9.17) is 4.98 Å². The molecule has 0 aliphatic carbocycles. The molecule has 5 heteroatoms. The van der Waals surface area contributed by atoms with E-state index in [9.17, 15) is 4.79 Å². The van der Waals surface area contributed by atoms with Crippen LogP contribution in [0.4, 0.5) is 4.79 Å². The lowest BCUT2D eigenvalue weighted by Gasteiger charge is -2.16. The molecular formula is C23H24N4O. The van der Waals surface area contributed by atoms with Crippen molar-refractivity contribution in [3.8, 4) is 0 Å². The first-order chi connectivity index (χ1) is 13.7. The summed E-state index contributed by atoms with van der Waals surface area (Å²) in [4.78, 5) is 20.5. The molecule has 1 saturated heterocycles. The van der Waals surface area contributed by atoms with Gasteiger partial charge in [0, 0.05) is 33.2 Å². The first kappa shape index (κ1) is 17.0. The molecule has 3 aromatic rings. The summed E-state index contributed by atoms with van der Waals surface area (Å²) in [6, 6.07) is 15.0. The standard InChI is InChI=1S/C23H24N4O/c1-25-14-15-26(23(25)28)16-18-9-7-17(8-10-18)11-12-21-24-20-6-2-4-19-5-3-13-27(21)22(19)20/h2,4,6-12H,3,5,13-16H2,1H3/b12-11+. The molecule has 2 aliphatic heterocycles. The second kappa shape index (κ2) is 6.82. The van der Waals surface area contributed by atoms with Crippen molar-refractivity contribution in [1.29, 1.82) is 0 Å². The highest BCUT2D eigenvalue weighted by Gasteiger charge is 2.24. The molecule has 1 fully saturated rings. The average molecular weight is 372 g/mol. The van der Waals surface area contributed by atoms with E-state index in [-0.39, 0.29) is 6.03 Å². The number of imidazole rings is 1. The van der Waals surface area contributed by atoms with Crippen molar-refractivity contribution in [3.63, 3.8) is 0 Å².